The van der Waals surface area contributed by atoms with Crippen LogP contribution in [0.5, 0.6) is 5.75 Å². The number of rotatable bonds is 4. The zero-order valence-corrected chi connectivity index (χ0v) is 14.4. The average molecular weight is 326 g/mol. The lowest BCUT2D eigenvalue weighted by Crippen LogP contribution is -2.44. The summed E-state index contributed by atoms with van der Waals surface area (Å²) in [4.78, 5) is 24.0. The second-order valence-corrected chi connectivity index (χ2v) is 5.83. The molecule has 5 nitrogen and oxygen atoms in total. The van der Waals surface area contributed by atoms with Crippen LogP contribution in [0.2, 0.25) is 0 Å². The minimum absolute atomic E-state index is 0.168. The summed E-state index contributed by atoms with van der Waals surface area (Å²) in [7, 11) is 0. The van der Waals surface area contributed by atoms with Crippen LogP contribution in [-0.2, 0) is 4.79 Å². The van der Waals surface area contributed by atoms with E-state index >= 15 is 0 Å². The van der Waals surface area contributed by atoms with E-state index in [-0.39, 0.29) is 12.5 Å². The van der Waals surface area contributed by atoms with Gasteiger partial charge in [0.25, 0.3) is 11.8 Å². The van der Waals surface area contributed by atoms with Crippen LogP contribution in [0.1, 0.15) is 32.6 Å². The lowest BCUT2D eigenvalue weighted by Gasteiger charge is -2.13. The first-order chi connectivity index (χ1) is 11.4. The Hall–Kier alpha value is -2.82. The van der Waals surface area contributed by atoms with E-state index in [0.717, 1.165) is 22.3 Å². The van der Waals surface area contributed by atoms with Crippen LogP contribution in [0, 0.1) is 27.7 Å². The fourth-order valence-electron chi connectivity index (χ4n) is 2.37. The summed E-state index contributed by atoms with van der Waals surface area (Å²) in [6, 6.07) is 11.4. The van der Waals surface area contributed by atoms with Gasteiger partial charge in [0, 0.05) is 5.56 Å². The smallest absolute Gasteiger partial charge is 0.276 e. The van der Waals surface area contributed by atoms with Crippen molar-refractivity contribution in [2.75, 3.05) is 6.61 Å². The summed E-state index contributed by atoms with van der Waals surface area (Å²) in [6.45, 7) is 7.43. The van der Waals surface area contributed by atoms with Gasteiger partial charge in [0.15, 0.2) is 6.61 Å². The molecule has 0 radical (unpaired) electrons. The van der Waals surface area contributed by atoms with Crippen LogP contribution in [-0.4, -0.2) is 18.4 Å². The number of carbonyl (C=O) groups excluding carboxylic acids is 2. The monoisotopic (exact) mass is 326 g/mol. The molecule has 0 aliphatic rings. The molecule has 2 N–H and O–H groups in total. The molecule has 0 spiro atoms. The summed E-state index contributed by atoms with van der Waals surface area (Å²) in [5.41, 5.74) is 9.07. The maximum Gasteiger partial charge on any atom is 0.276 e. The number of carbonyl (C=O) groups is 2. The van der Waals surface area contributed by atoms with Gasteiger partial charge in [-0.2, -0.15) is 0 Å². The highest BCUT2D eigenvalue weighted by Crippen LogP contribution is 2.21. The van der Waals surface area contributed by atoms with E-state index in [1.807, 2.05) is 58.0 Å². The van der Waals surface area contributed by atoms with Gasteiger partial charge in [0.1, 0.15) is 5.75 Å². The van der Waals surface area contributed by atoms with Crippen LogP contribution >= 0.6 is 0 Å². The minimum atomic E-state index is -0.420. The standard InChI is InChI=1S/C19H22N2O3/c1-12-8-9-13(2)16(10-12)19(23)21-20-17(22)11-24-18-14(3)6-5-7-15(18)4/h5-10H,11H2,1-4H3,(H,20,22)(H,21,23). The highest BCUT2D eigenvalue weighted by Gasteiger charge is 2.11. The van der Waals surface area contributed by atoms with Crippen molar-refractivity contribution in [1.29, 1.82) is 0 Å². The van der Waals surface area contributed by atoms with E-state index in [4.69, 9.17) is 4.74 Å². The Kier molecular flexibility index (Phi) is 5.58. The normalized spacial score (nSPS) is 10.2. The number of para-hydroxylation sites is 1. The molecule has 2 amide bonds. The zero-order chi connectivity index (χ0) is 17.7. The van der Waals surface area contributed by atoms with Crippen molar-refractivity contribution in [3.8, 4) is 5.75 Å². The van der Waals surface area contributed by atoms with Gasteiger partial charge < -0.3 is 4.74 Å². The maximum absolute atomic E-state index is 12.1. The number of hydrogen-bond acceptors (Lipinski definition) is 3. The molecule has 0 bridgehead atoms. The second kappa shape index (κ2) is 7.64. The largest absolute Gasteiger partial charge is 0.483 e. The third-order valence-corrected chi connectivity index (χ3v) is 3.71. The van der Waals surface area contributed by atoms with E-state index in [1.165, 1.54) is 0 Å². The summed E-state index contributed by atoms with van der Waals surface area (Å²) in [6.07, 6.45) is 0. The number of benzene rings is 2. The van der Waals surface area contributed by atoms with Gasteiger partial charge in [-0.05, 0) is 50.5 Å². The molecule has 126 valence electrons. The van der Waals surface area contributed by atoms with Gasteiger partial charge in [-0.3, -0.25) is 20.4 Å². The molecule has 0 heterocycles. The predicted octanol–water partition coefficient (Wildman–Crippen LogP) is 2.76. The Morgan fingerprint density at radius 2 is 1.58 bits per heavy atom. The van der Waals surface area contributed by atoms with Crippen molar-refractivity contribution < 1.29 is 14.3 Å². The van der Waals surface area contributed by atoms with Gasteiger partial charge in [0.2, 0.25) is 0 Å². The van der Waals surface area contributed by atoms with E-state index in [9.17, 15) is 9.59 Å². The molecule has 0 saturated heterocycles. The molecule has 0 atom stereocenters. The highest BCUT2D eigenvalue weighted by molar-refractivity contribution is 5.96. The molecule has 0 fully saturated rings. The molecule has 2 aromatic rings. The first-order valence-corrected chi connectivity index (χ1v) is 7.74. The quantitative estimate of drug-likeness (QED) is 0.849. The van der Waals surface area contributed by atoms with Gasteiger partial charge >= 0.3 is 0 Å². The van der Waals surface area contributed by atoms with E-state index < -0.39 is 5.91 Å². The lowest BCUT2D eigenvalue weighted by molar-refractivity contribution is -0.123. The van der Waals surface area contributed by atoms with Gasteiger partial charge in [-0.25, -0.2) is 0 Å². The van der Waals surface area contributed by atoms with Crippen LogP contribution in [0.25, 0.3) is 0 Å². The van der Waals surface area contributed by atoms with Gasteiger partial charge in [-0.15, -0.1) is 0 Å². The third-order valence-electron chi connectivity index (χ3n) is 3.71. The van der Waals surface area contributed by atoms with Crippen molar-refractivity contribution in [3.63, 3.8) is 0 Å². The number of ether oxygens (including phenoxy) is 1. The zero-order valence-electron chi connectivity index (χ0n) is 14.4. The summed E-state index contributed by atoms with van der Waals surface area (Å²) >= 11 is 0. The topological polar surface area (TPSA) is 67.4 Å². The molecule has 24 heavy (non-hydrogen) atoms. The Balaban J connectivity index is 1.89. The minimum Gasteiger partial charge on any atom is -0.483 e. The van der Waals surface area contributed by atoms with Crippen molar-refractivity contribution in [1.82, 2.24) is 10.9 Å². The Labute approximate surface area is 142 Å². The van der Waals surface area contributed by atoms with Crippen LogP contribution in [0.3, 0.4) is 0 Å². The fraction of sp³-hybridized carbons (Fsp3) is 0.263. The highest BCUT2D eigenvalue weighted by atomic mass is 16.5. The number of hydrogen-bond donors (Lipinski definition) is 2. The van der Waals surface area contributed by atoms with E-state index in [1.54, 1.807) is 6.07 Å². The fourth-order valence-corrected chi connectivity index (χ4v) is 2.37. The summed E-state index contributed by atoms with van der Waals surface area (Å²) in [5, 5.41) is 0. The molecule has 2 rings (SSSR count). The summed E-state index contributed by atoms with van der Waals surface area (Å²) < 4.78 is 5.55. The average Bonchev–Trinajstić information content (AvgIpc) is 2.54. The molecule has 0 aromatic heterocycles. The van der Waals surface area contributed by atoms with Crippen LogP contribution in [0.15, 0.2) is 36.4 Å². The lowest BCUT2D eigenvalue weighted by atomic mass is 10.1. The second-order valence-electron chi connectivity index (χ2n) is 5.83. The molecule has 2 aromatic carbocycles. The maximum atomic E-state index is 12.1. The molecular formula is C19H22N2O3. The van der Waals surface area contributed by atoms with Crippen molar-refractivity contribution >= 4 is 11.8 Å². The first kappa shape index (κ1) is 17.5. The first-order valence-electron chi connectivity index (χ1n) is 7.74. The summed E-state index contributed by atoms with van der Waals surface area (Å²) in [5.74, 6) is -0.0820. The van der Waals surface area contributed by atoms with Gasteiger partial charge in [-0.1, -0.05) is 35.9 Å². The third kappa shape index (κ3) is 4.35. The van der Waals surface area contributed by atoms with Crippen molar-refractivity contribution in [3.05, 3.63) is 64.2 Å². The van der Waals surface area contributed by atoms with E-state index in [2.05, 4.69) is 10.9 Å². The number of nitrogens with one attached hydrogen (secondary N) is 2. The number of hydrazine groups is 1. The molecule has 5 heteroatoms. The Morgan fingerprint density at radius 1 is 0.917 bits per heavy atom. The van der Waals surface area contributed by atoms with Crippen LogP contribution in [0.4, 0.5) is 0 Å². The Morgan fingerprint density at radius 3 is 2.25 bits per heavy atom. The molecule has 0 unspecified atom stereocenters. The predicted molar refractivity (Wildman–Crippen MR) is 92.9 cm³/mol. The van der Waals surface area contributed by atoms with Crippen molar-refractivity contribution in [2.24, 2.45) is 0 Å². The van der Waals surface area contributed by atoms with Gasteiger partial charge in [0.05, 0.1) is 0 Å². The van der Waals surface area contributed by atoms with Crippen LogP contribution < -0.4 is 15.6 Å². The van der Waals surface area contributed by atoms with Crippen molar-refractivity contribution in [2.45, 2.75) is 27.7 Å². The number of aryl methyl sites for hydroxylation is 4. The molecule has 0 aliphatic carbocycles. The molecule has 0 saturated carbocycles. The van der Waals surface area contributed by atoms with E-state index in [0.29, 0.717) is 11.3 Å². The molecular weight excluding hydrogens is 304 g/mol. The molecule has 0 aliphatic heterocycles. The number of amides is 2. The Bertz CT molecular complexity index is 749. The SMILES string of the molecule is Cc1ccc(C)c(C(=O)NNC(=O)COc2c(C)cccc2C)c1.